The number of methoxy groups -OCH3 is 1. The number of aryl methyl sites for hydroxylation is 2. The van der Waals surface area contributed by atoms with Gasteiger partial charge in [-0.2, -0.15) is 4.31 Å². The summed E-state index contributed by atoms with van der Waals surface area (Å²) < 4.78 is 30.6. The normalized spacial score (nSPS) is 16.2. The molecule has 1 amide bonds. The molecule has 24 heavy (non-hydrogen) atoms. The van der Waals surface area contributed by atoms with Crippen molar-refractivity contribution in [3.63, 3.8) is 0 Å². The Balaban J connectivity index is 2.03. The van der Waals surface area contributed by atoms with Crippen LogP contribution < -0.4 is 4.74 Å². The van der Waals surface area contributed by atoms with E-state index in [0.717, 1.165) is 22.4 Å². The minimum atomic E-state index is -3.17. The Morgan fingerprint density at radius 3 is 2.25 bits per heavy atom. The average molecular weight is 354 g/mol. The Hall–Kier alpha value is -1.60. The van der Waals surface area contributed by atoms with Gasteiger partial charge >= 0.3 is 0 Å². The number of ether oxygens (including phenoxy) is 1. The van der Waals surface area contributed by atoms with Crippen LogP contribution in [0.15, 0.2) is 12.1 Å². The second-order valence-corrected chi connectivity index (χ2v) is 8.36. The van der Waals surface area contributed by atoms with Gasteiger partial charge in [-0.3, -0.25) is 4.79 Å². The number of rotatable bonds is 5. The van der Waals surface area contributed by atoms with Crippen LogP contribution in [0.3, 0.4) is 0 Å². The van der Waals surface area contributed by atoms with Crippen LogP contribution in [0.2, 0.25) is 0 Å². The van der Waals surface area contributed by atoms with Gasteiger partial charge in [-0.1, -0.05) is 6.07 Å². The molecule has 0 saturated carbocycles. The fourth-order valence-electron chi connectivity index (χ4n) is 2.85. The highest BCUT2D eigenvalue weighted by Gasteiger charge is 2.27. The highest BCUT2D eigenvalue weighted by atomic mass is 32.2. The number of hydrogen-bond acceptors (Lipinski definition) is 4. The first-order valence-electron chi connectivity index (χ1n) is 8.18. The maximum absolute atomic E-state index is 12.6. The Morgan fingerprint density at radius 1 is 1.12 bits per heavy atom. The third-order valence-corrected chi connectivity index (χ3v) is 6.47. The number of hydrogen-bond donors (Lipinski definition) is 0. The molecule has 0 unspecified atom stereocenters. The first kappa shape index (κ1) is 18.7. The summed E-state index contributed by atoms with van der Waals surface area (Å²) in [4.78, 5) is 14.3. The second kappa shape index (κ2) is 7.53. The highest BCUT2D eigenvalue weighted by Crippen LogP contribution is 2.24. The van der Waals surface area contributed by atoms with Gasteiger partial charge in [0.15, 0.2) is 0 Å². The van der Waals surface area contributed by atoms with Crippen molar-refractivity contribution in [3.05, 3.63) is 28.8 Å². The van der Waals surface area contributed by atoms with Crippen molar-refractivity contribution in [3.8, 4) is 5.75 Å². The first-order chi connectivity index (χ1) is 11.3. The molecule has 0 bridgehead atoms. The van der Waals surface area contributed by atoms with Crippen molar-refractivity contribution in [2.75, 3.05) is 39.0 Å². The molecule has 7 heteroatoms. The lowest BCUT2D eigenvalue weighted by Crippen LogP contribution is -2.51. The first-order valence-corrected chi connectivity index (χ1v) is 9.79. The molecule has 0 spiro atoms. The smallest absolute Gasteiger partial charge is 0.227 e. The zero-order chi connectivity index (χ0) is 17.9. The summed E-state index contributed by atoms with van der Waals surface area (Å²) in [5.74, 6) is 0.824. The minimum absolute atomic E-state index is 0.00472. The lowest BCUT2D eigenvalue weighted by atomic mass is 10.0. The summed E-state index contributed by atoms with van der Waals surface area (Å²) in [6, 6.07) is 3.94. The maximum atomic E-state index is 12.6. The number of piperazine rings is 1. The Morgan fingerprint density at radius 2 is 1.71 bits per heavy atom. The molecular weight excluding hydrogens is 328 g/mol. The lowest BCUT2D eigenvalue weighted by molar-refractivity contribution is -0.131. The predicted octanol–water partition coefficient (Wildman–Crippen LogP) is 1.35. The van der Waals surface area contributed by atoms with Crippen LogP contribution >= 0.6 is 0 Å². The van der Waals surface area contributed by atoms with Gasteiger partial charge in [-0.25, -0.2) is 8.42 Å². The zero-order valence-electron chi connectivity index (χ0n) is 14.8. The van der Waals surface area contributed by atoms with E-state index in [0.29, 0.717) is 26.2 Å². The van der Waals surface area contributed by atoms with E-state index >= 15 is 0 Å². The van der Waals surface area contributed by atoms with Crippen LogP contribution in [0.5, 0.6) is 5.75 Å². The van der Waals surface area contributed by atoms with Gasteiger partial charge in [-0.15, -0.1) is 0 Å². The molecular formula is C17H26N2O4S. The van der Waals surface area contributed by atoms with Gasteiger partial charge < -0.3 is 9.64 Å². The van der Waals surface area contributed by atoms with Crippen LogP contribution in [0.1, 0.15) is 23.6 Å². The highest BCUT2D eigenvalue weighted by molar-refractivity contribution is 7.89. The largest absolute Gasteiger partial charge is 0.496 e. The summed E-state index contributed by atoms with van der Waals surface area (Å²) in [7, 11) is -1.57. The number of nitrogens with zero attached hydrogens (tertiary/aromatic N) is 2. The summed E-state index contributed by atoms with van der Waals surface area (Å²) in [5.41, 5.74) is 3.12. The molecule has 1 aromatic rings. The summed E-state index contributed by atoms with van der Waals surface area (Å²) in [6.45, 7) is 7.27. The van der Waals surface area contributed by atoms with Gasteiger partial charge in [0.05, 0.1) is 19.3 Å². The Bertz CT molecular complexity index is 708. The number of amides is 1. The van der Waals surface area contributed by atoms with Gasteiger partial charge in [0.25, 0.3) is 0 Å². The standard InChI is InChI=1S/C17H26N2O4S/c1-5-24(21,22)19-8-6-18(7-9-19)17(20)12-15-10-13(2)14(3)11-16(15)23-4/h10-11H,5-9,12H2,1-4H3. The fourth-order valence-corrected chi connectivity index (χ4v) is 3.94. The van der Waals surface area contributed by atoms with Gasteiger partial charge in [0.2, 0.25) is 15.9 Å². The van der Waals surface area contributed by atoms with Crippen LogP contribution in [-0.2, 0) is 21.2 Å². The fraction of sp³-hybridized carbons (Fsp3) is 0.588. The summed E-state index contributed by atoms with van der Waals surface area (Å²) in [6.07, 6.45) is 0.269. The SMILES string of the molecule is CCS(=O)(=O)N1CCN(C(=O)Cc2cc(C)c(C)cc2OC)CC1. The van der Waals surface area contributed by atoms with Crippen molar-refractivity contribution in [2.24, 2.45) is 0 Å². The van der Waals surface area contributed by atoms with E-state index in [-0.39, 0.29) is 18.1 Å². The van der Waals surface area contributed by atoms with E-state index in [1.54, 1.807) is 18.9 Å². The van der Waals surface area contributed by atoms with Crippen molar-refractivity contribution in [1.82, 2.24) is 9.21 Å². The molecule has 1 heterocycles. The molecule has 1 aromatic carbocycles. The molecule has 0 N–H and O–H groups in total. The summed E-state index contributed by atoms with van der Waals surface area (Å²) >= 11 is 0. The number of benzene rings is 1. The van der Waals surface area contributed by atoms with Gasteiger partial charge in [0, 0.05) is 31.7 Å². The van der Waals surface area contributed by atoms with Gasteiger partial charge in [-0.05, 0) is 38.0 Å². The van der Waals surface area contributed by atoms with Gasteiger partial charge in [0.1, 0.15) is 5.75 Å². The van der Waals surface area contributed by atoms with E-state index in [2.05, 4.69) is 0 Å². The molecule has 2 rings (SSSR count). The average Bonchev–Trinajstić information content (AvgIpc) is 2.58. The molecule has 0 atom stereocenters. The molecule has 0 aromatic heterocycles. The van der Waals surface area contributed by atoms with Crippen molar-refractivity contribution in [2.45, 2.75) is 27.2 Å². The van der Waals surface area contributed by atoms with E-state index in [9.17, 15) is 13.2 Å². The molecule has 1 saturated heterocycles. The monoisotopic (exact) mass is 354 g/mol. The molecule has 1 aliphatic rings. The number of carbonyl (C=O) groups is 1. The van der Waals surface area contributed by atoms with Crippen LogP contribution in [0.4, 0.5) is 0 Å². The number of sulfonamides is 1. The third-order valence-electron chi connectivity index (χ3n) is 4.59. The molecule has 1 fully saturated rings. The quantitative estimate of drug-likeness (QED) is 0.800. The summed E-state index contributed by atoms with van der Waals surface area (Å²) in [5, 5.41) is 0. The Labute approximate surface area is 144 Å². The van der Waals surface area contributed by atoms with Crippen LogP contribution in [-0.4, -0.2) is 62.6 Å². The van der Waals surface area contributed by atoms with Crippen molar-refractivity contribution in [1.29, 1.82) is 0 Å². The van der Waals surface area contributed by atoms with E-state index in [1.807, 2.05) is 26.0 Å². The molecule has 0 aliphatic carbocycles. The van der Waals surface area contributed by atoms with E-state index in [4.69, 9.17) is 4.74 Å². The Kier molecular flexibility index (Phi) is 5.87. The molecule has 0 radical (unpaired) electrons. The lowest BCUT2D eigenvalue weighted by Gasteiger charge is -2.34. The third kappa shape index (κ3) is 4.08. The number of carbonyl (C=O) groups excluding carboxylic acids is 1. The minimum Gasteiger partial charge on any atom is -0.496 e. The van der Waals surface area contributed by atoms with Crippen molar-refractivity contribution >= 4 is 15.9 Å². The van der Waals surface area contributed by atoms with E-state index < -0.39 is 10.0 Å². The molecule has 6 nitrogen and oxygen atoms in total. The predicted molar refractivity (Wildman–Crippen MR) is 93.8 cm³/mol. The maximum Gasteiger partial charge on any atom is 0.227 e. The van der Waals surface area contributed by atoms with Crippen LogP contribution in [0.25, 0.3) is 0 Å². The zero-order valence-corrected chi connectivity index (χ0v) is 15.6. The second-order valence-electron chi connectivity index (χ2n) is 6.11. The molecule has 134 valence electrons. The topological polar surface area (TPSA) is 66.9 Å². The van der Waals surface area contributed by atoms with Crippen molar-refractivity contribution < 1.29 is 17.9 Å². The molecule has 1 aliphatic heterocycles. The van der Waals surface area contributed by atoms with Crippen LogP contribution in [0, 0.1) is 13.8 Å². The van der Waals surface area contributed by atoms with E-state index in [1.165, 1.54) is 4.31 Å².